The van der Waals surface area contributed by atoms with Crippen LogP contribution in [0.1, 0.15) is 42.7 Å². The van der Waals surface area contributed by atoms with Crippen LogP contribution in [0.4, 0.5) is 4.79 Å². The van der Waals surface area contributed by atoms with Crippen LogP contribution in [0.2, 0.25) is 0 Å². The van der Waals surface area contributed by atoms with Crippen molar-refractivity contribution in [3.63, 3.8) is 0 Å². The average molecular weight is 323 g/mol. The Balaban J connectivity index is 3.05. The molecule has 0 aromatic heterocycles. The molecule has 7 heteroatoms. The van der Waals surface area contributed by atoms with Crippen LogP contribution in [-0.4, -0.2) is 37.9 Å². The first-order valence-corrected chi connectivity index (χ1v) is 6.93. The van der Waals surface area contributed by atoms with Crippen molar-refractivity contribution in [1.82, 2.24) is 5.32 Å². The Morgan fingerprint density at radius 2 is 1.74 bits per heavy atom. The van der Waals surface area contributed by atoms with Crippen LogP contribution in [0.25, 0.3) is 0 Å². The number of carbonyl (C=O) groups excluding carboxylic acids is 3. The predicted octanol–water partition coefficient (Wildman–Crippen LogP) is 2.21. The number of carbonyl (C=O) groups is 3. The van der Waals surface area contributed by atoms with E-state index in [0.29, 0.717) is 5.56 Å². The third-order valence-electron chi connectivity index (χ3n) is 2.74. The van der Waals surface area contributed by atoms with Crippen LogP contribution in [0.15, 0.2) is 24.3 Å². The van der Waals surface area contributed by atoms with E-state index in [0.717, 1.165) is 0 Å². The molecule has 1 rings (SSSR count). The largest absolute Gasteiger partial charge is 0.467 e. The zero-order valence-electron chi connectivity index (χ0n) is 13.8. The van der Waals surface area contributed by atoms with Crippen molar-refractivity contribution < 1.29 is 28.6 Å². The van der Waals surface area contributed by atoms with E-state index in [1.165, 1.54) is 26.4 Å². The number of esters is 2. The fourth-order valence-electron chi connectivity index (χ4n) is 1.78. The molecule has 0 bridgehead atoms. The van der Waals surface area contributed by atoms with Gasteiger partial charge in [-0.1, -0.05) is 12.1 Å². The van der Waals surface area contributed by atoms with E-state index in [2.05, 4.69) is 10.1 Å². The van der Waals surface area contributed by atoms with Gasteiger partial charge in [0.2, 0.25) is 0 Å². The number of amides is 1. The second-order valence-electron chi connectivity index (χ2n) is 5.72. The first kappa shape index (κ1) is 18.5. The van der Waals surface area contributed by atoms with Crippen molar-refractivity contribution in [1.29, 1.82) is 0 Å². The molecule has 1 atom stereocenters. The molecule has 0 saturated heterocycles. The van der Waals surface area contributed by atoms with E-state index >= 15 is 0 Å². The van der Waals surface area contributed by atoms with E-state index < -0.39 is 29.7 Å². The van der Waals surface area contributed by atoms with Gasteiger partial charge in [0.15, 0.2) is 6.04 Å². The number of hydrogen-bond donors (Lipinski definition) is 1. The Hall–Kier alpha value is -2.57. The lowest BCUT2D eigenvalue weighted by atomic mass is 10.0. The standard InChI is InChI=1S/C16H21NO6/c1-16(2,3)23-15(20)17-12(14(19)22-5)10-7-6-8-11(9-10)13(18)21-4/h6-9,12H,1-5H3,(H,17,20). The molecule has 126 valence electrons. The highest BCUT2D eigenvalue weighted by atomic mass is 16.6. The summed E-state index contributed by atoms with van der Waals surface area (Å²) in [5.74, 6) is -1.23. The molecule has 1 unspecified atom stereocenters. The molecule has 0 saturated carbocycles. The van der Waals surface area contributed by atoms with Crippen molar-refractivity contribution in [3.05, 3.63) is 35.4 Å². The molecule has 0 aliphatic heterocycles. The van der Waals surface area contributed by atoms with Crippen LogP contribution < -0.4 is 5.32 Å². The van der Waals surface area contributed by atoms with Crippen molar-refractivity contribution in [2.24, 2.45) is 0 Å². The fraction of sp³-hybridized carbons (Fsp3) is 0.438. The minimum absolute atomic E-state index is 0.255. The second kappa shape index (κ2) is 7.62. The SMILES string of the molecule is COC(=O)c1cccc(C(NC(=O)OC(C)(C)C)C(=O)OC)c1. The van der Waals surface area contributed by atoms with Crippen molar-refractivity contribution in [2.45, 2.75) is 32.4 Å². The topological polar surface area (TPSA) is 90.9 Å². The van der Waals surface area contributed by atoms with Crippen molar-refractivity contribution in [2.75, 3.05) is 14.2 Å². The van der Waals surface area contributed by atoms with Gasteiger partial charge >= 0.3 is 18.0 Å². The third-order valence-corrected chi connectivity index (χ3v) is 2.74. The minimum atomic E-state index is -1.10. The quantitative estimate of drug-likeness (QED) is 0.675. The first-order valence-electron chi connectivity index (χ1n) is 6.93. The van der Waals surface area contributed by atoms with Crippen LogP contribution in [0.5, 0.6) is 0 Å². The lowest BCUT2D eigenvalue weighted by Crippen LogP contribution is -2.38. The smallest absolute Gasteiger partial charge is 0.408 e. The van der Waals surface area contributed by atoms with Gasteiger partial charge < -0.3 is 19.5 Å². The summed E-state index contributed by atoms with van der Waals surface area (Å²) in [6.07, 6.45) is -0.767. The summed E-state index contributed by atoms with van der Waals surface area (Å²) in [5, 5.41) is 2.44. The van der Waals surface area contributed by atoms with Gasteiger partial charge in [0.25, 0.3) is 0 Å². The van der Waals surface area contributed by atoms with Crippen molar-refractivity contribution >= 4 is 18.0 Å². The van der Waals surface area contributed by atoms with Gasteiger partial charge in [0.05, 0.1) is 19.8 Å². The van der Waals surface area contributed by atoms with E-state index in [-0.39, 0.29) is 5.56 Å². The summed E-state index contributed by atoms with van der Waals surface area (Å²) in [7, 11) is 2.46. The zero-order chi connectivity index (χ0) is 17.6. The molecule has 1 aromatic rings. The van der Waals surface area contributed by atoms with E-state index in [9.17, 15) is 14.4 Å². The Morgan fingerprint density at radius 3 is 2.26 bits per heavy atom. The maximum absolute atomic E-state index is 12.0. The number of alkyl carbamates (subject to hydrolysis) is 1. The lowest BCUT2D eigenvalue weighted by molar-refractivity contribution is -0.143. The number of benzene rings is 1. The summed E-state index contributed by atoms with van der Waals surface area (Å²) in [6.45, 7) is 5.12. The lowest BCUT2D eigenvalue weighted by Gasteiger charge is -2.23. The highest BCUT2D eigenvalue weighted by Gasteiger charge is 2.27. The van der Waals surface area contributed by atoms with Gasteiger partial charge in [0, 0.05) is 0 Å². The monoisotopic (exact) mass is 323 g/mol. The van der Waals surface area contributed by atoms with Crippen LogP contribution in [-0.2, 0) is 19.0 Å². The van der Waals surface area contributed by atoms with E-state index in [1.54, 1.807) is 32.9 Å². The minimum Gasteiger partial charge on any atom is -0.467 e. The Labute approximate surface area is 134 Å². The highest BCUT2D eigenvalue weighted by molar-refractivity contribution is 5.90. The maximum Gasteiger partial charge on any atom is 0.408 e. The summed E-state index contributed by atoms with van der Waals surface area (Å²) in [4.78, 5) is 35.4. The molecule has 0 fully saturated rings. The fourth-order valence-corrected chi connectivity index (χ4v) is 1.78. The highest BCUT2D eigenvalue weighted by Crippen LogP contribution is 2.18. The normalized spacial score (nSPS) is 12.0. The van der Waals surface area contributed by atoms with Gasteiger partial charge in [-0.25, -0.2) is 14.4 Å². The molecule has 1 aromatic carbocycles. The summed E-state index contributed by atoms with van der Waals surface area (Å²) < 4.78 is 14.5. The van der Waals surface area contributed by atoms with Crippen LogP contribution in [0, 0.1) is 0 Å². The van der Waals surface area contributed by atoms with Gasteiger partial charge in [-0.05, 0) is 38.5 Å². The molecular weight excluding hydrogens is 302 g/mol. The molecule has 0 spiro atoms. The molecule has 7 nitrogen and oxygen atoms in total. The maximum atomic E-state index is 12.0. The van der Waals surface area contributed by atoms with Gasteiger partial charge in [-0.15, -0.1) is 0 Å². The van der Waals surface area contributed by atoms with E-state index in [4.69, 9.17) is 9.47 Å². The van der Waals surface area contributed by atoms with Crippen LogP contribution in [0.3, 0.4) is 0 Å². The zero-order valence-corrected chi connectivity index (χ0v) is 13.8. The molecule has 0 aliphatic rings. The molecule has 23 heavy (non-hydrogen) atoms. The number of hydrogen-bond acceptors (Lipinski definition) is 6. The van der Waals surface area contributed by atoms with Gasteiger partial charge in [0.1, 0.15) is 5.60 Å². The number of rotatable bonds is 4. The average Bonchev–Trinajstić information content (AvgIpc) is 2.49. The Bertz CT molecular complexity index is 590. The third kappa shape index (κ3) is 5.61. The van der Waals surface area contributed by atoms with Gasteiger partial charge in [-0.3, -0.25) is 0 Å². The number of ether oxygens (including phenoxy) is 3. The number of methoxy groups -OCH3 is 2. The van der Waals surface area contributed by atoms with Crippen LogP contribution >= 0.6 is 0 Å². The summed E-state index contributed by atoms with van der Waals surface area (Å²) >= 11 is 0. The second-order valence-corrected chi connectivity index (χ2v) is 5.72. The summed E-state index contributed by atoms with van der Waals surface area (Å²) in [6, 6.07) is 5.06. The van der Waals surface area contributed by atoms with Gasteiger partial charge in [-0.2, -0.15) is 0 Å². The van der Waals surface area contributed by atoms with E-state index in [1.807, 2.05) is 0 Å². The predicted molar refractivity (Wildman–Crippen MR) is 81.9 cm³/mol. The number of nitrogens with one attached hydrogen (secondary N) is 1. The first-order chi connectivity index (χ1) is 10.7. The molecule has 0 heterocycles. The molecule has 1 N–H and O–H groups in total. The molecular formula is C16H21NO6. The molecule has 0 radical (unpaired) electrons. The Kier molecular flexibility index (Phi) is 6.12. The molecule has 1 amide bonds. The Morgan fingerprint density at radius 1 is 1.09 bits per heavy atom. The summed E-state index contributed by atoms with van der Waals surface area (Å²) in [5.41, 5.74) is -0.0750. The van der Waals surface area contributed by atoms with Crippen molar-refractivity contribution in [3.8, 4) is 0 Å². The molecule has 0 aliphatic carbocycles.